The van der Waals surface area contributed by atoms with Gasteiger partial charge in [-0.3, -0.25) is 4.72 Å². The Balaban J connectivity index is 2.30. The molecule has 1 N–H and O–H groups in total. The average Bonchev–Trinajstić information content (AvgIpc) is 2.49. The Morgan fingerprint density at radius 2 is 1.81 bits per heavy atom. The normalized spacial score (nSPS) is 10.7. The number of ether oxygens (including phenoxy) is 1. The van der Waals surface area contributed by atoms with Gasteiger partial charge in [0.1, 0.15) is 5.75 Å². The number of hydrogen-bond acceptors (Lipinski definition) is 4. The molecule has 21 heavy (non-hydrogen) atoms. The molecule has 0 spiro atoms. The molecule has 0 saturated carbocycles. The first-order valence-corrected chi connectivity index (χ1v) is 7.62. The number of nitrogens with one attached hydrogen (secondary N) is 1. The SMILES string of the molecule is COc1ccc(NS(=O)(=O)c2ccc(C#N)cc2)c(C)c1. The molecule has 0 aliphatic heterocycles. The summed E-state index contributed by atoms with van der Waals surface area (Å²) in [7, 11) is -2.13. The number of methoxy groups -OCH3 is 1. The maximum absolute atomic E-state index is 12.3. The summed E-state index contributed by atoms with van der Waals surface area (Å²) in [5.41, 5.74) is 1.65. The van der Waals surface area contributed by atoms with Gasteiger partial charge in [0.2, 0.25) is 0 Å². The molecule has 2 aromatic carbocycles. The molecule has 0 saturated heterocycles. The van der Waals surface area contributed by atoms with Crippen molar-refractivity contribution >= 4 is 15.7 Å². The number of aryl methyl sites for hydroxylation is 1. The monoisotopic (exact) mass is 302 g/mol. The van der Waals surface area contributed by atoms with Gasteiger partial charge in [-0.25, -0.2) is 8.42 Å². The molecule has 0 aliphatic carbocycles. The molecule has 0 unspecified atom stereocenters. The largest absolute Gasteiger partial charge is 0.497 e. The van der Waals surface area contributed by atoms with E-state index in [2.05, 4.69) is 4.72 Å². The van der Waals surface area contributed by atoms with Gasteiger partial charge < -0.3 is 4.74 Å². The van der Waals surface area contributed by atoms with E-state index in [1.54, 1.807) is 32.2 Å². The van der Waals surface area contributed by atoms with Gasteiger partial charge in [-0.15, -0.1) is 0 Å². The third-order valence-electron chi connectivity index (χ3n) is 2.97. The number of hydrogen-bond donors (Lipinski definition) is 1. The lowest BCUT2D eigenvalue weighted by molar-refractivity contribution is 0.414. The van der Waals surface area contributed by atoms with Crippen LogP contribution in [0.15, 0.2) is 47.4 Å². The molecule has 108 valence electrons. The van der Waals surface area contributed by atoms with Crippen LogP contribution in [-0.4, -0.2) is 15.5 Å². The Bertz CT molecular complexity index is 791. The van der Waals surface area contributed by atoms with Crippen molar-refractivity contribution in [3.8, 4) is 11.8 Å². The zero-order valence-electron chi connectivity index (χ0n) is 11.6. The number of nitrogens with zero attached hydrogens (tertiary/aromatic N) is 1. The number of benzene rings is 2. The Kier molecular flexibility index (Phi) is 4.15. The van der Waals surface area contributed by atoms with Crippen LogP contribution >= 0.6 is 0 Å². The van der Waals surface area contributed by atoms with Gasteiger partial charge in [0.05, 0.1) is 29.3 Å². The third kappa shape index (κ3) is 3.33. The minimum Gasteiger partial charge on any atom is -0.497 e. The van der Waals surface area contributed by atoms with Crippen LogP contribution in [0.25, 0.3) is 0 Å². The van der Waals surface area contributed by atoms with Crippen molar-refractivity contribution < 1.29 is 13.2 Å². The van der Waals surface area contributed by atoms with Crippen molar-refractivity contribution in [3.63, 3.8) is 0 Å². The van der Waals surface area contributed by atoms with Crippen LogP contribution in [-0.2, 0) is 10.0 Å². The standard InChI is InChI=1S/C15H14N2O3S/c1-11-9-13(20-2)5-8-15(11)17-21(18,19)14-6-3-12(10-16)4-7-14/h3-9,17H,1-2H3. The lowest BCUT2D eigenvalue weighted by atomic mass is 10.2. The van der Waals surface area contributed by atoms with Crippen LogP contribution in [0.3, 0.4) is 0 Å². The van der Waals surface area contributed by atoms with Gasteiger partial charge in [0.25, 0.3) is 10.0 Å². The maximum atomic E-state index is 12.3. The molecule has 0 aromatic heterocycles. The Morgan fingerprint density at radius 1 is 1.14 bits per heavy atom. The number of sulfonamides is 1. The highest BCUT2D eigenvalue weighted by atomic mass is 32.2. The molecule has 2 aromatic rings. The highest BCUT2D eigenvalue weighted by molar-refractivity contribution is 7.92. The van der Waals surface area contributed by atoms with Crippen molar-refractivity contribution in [1.29, 1.82) is 5.26 Å². The summed E-state index contributed by atoms with van der Waals surface area (Å²) in [4.78, 5) is 0.108. The first-order chi connectivity index (χ1) is 9.96. The number of rotatable bonds is 4. The predicted octanol–water partition coefficient (Wildman–Crippen LogP) is 2.68. The van der Waals surface area contributed by atoms with Gasteiger partial charge in [-0.2, -0.15) is 5.26 Å². The lowest BCUT2D eigenvalue weighted by Gasteiger charge is -2.11. The zero-order chi connectivity index (χ0) is 15.5. The summed E-state index contributed by atoms with van der Waals surface area (Å²) < 4.78 is 32.2. The van der Waals surface area contributed by atoms with Gasteiger partial charge in [0, 0.05) is 0 Å². The molecule has 6 heteroatoms. The molecule has 0 radical (unpaired) electrons. The Hall–Kier alpha value is -2.52. The van der Waals surface area contributed by atoms with Crippen LogP contribution < -0.4 is 9.46 Å². The molecule has 0 bridgehead atoms. The second-order valence-electron chi connectivity index (χ2n) is 4.42. The lowest BCUT2D eigenvalue weighted by Crippen LogP contribution is -2.13. The molecule has 5 nitrogen and oxygen atoms in total. The van der Waals surface area contributed by atoms with Gasteiger partial charge in [-0.1, -0.05) is 0 Å². The van der Waals surface area contributed by atoms with E-state index in [1.165, 1.54) is 24.3 Å². The molecule has 0 fully saturated rings. The van der Waals surface area contributed by atoms with Crippen LogP contribution in [0, 0.1) is 18.3 Å². The first-order valence-electron chi connectivity index (χ1n) is 6.14. The quantitative estimate of drug-likeness (QED) is 0.941. The summed E-state index contributed by atoms with van der Waals surface area (Å²) in [6.07, 6.45) is 0. The maximum Gasteiger partial charge on any atom is 0.261 e. The van der Waals surface area contributed by atoms with Crippen molar-refractivity contribution in [1.82, 2.24) is 0 Å². The number of nitriles is 1. The van der Waals surface area contributed by atoms with Crippen molar-refractivity contribution in [2.45, 2.75) is 11.8 Å². The van der Waals surface area contributed by atoms with Gasteiger partial charge >= 0.3 is 0 Å². The van der Waals surface area contributed by atoms with Gasteiger partial charge in [-0.05, 0) is 55.0 Å². The molecule has 0 heterocycles. The van der Waals surface area contributed by atoms with E-state index in [4.69, 9.17) is 10.00 Å². The highest BCUT2D eigenvalue weighted by Gasteiger charge is 2.15. The van der Waals surface area contributed by atoms with E-state index in [1.807, 2.05) is 6.07 Å². The van der Waals surface area contributed by atoms with E-state index in [9.17, 15) is 8.42 Å². The molecule has 0 amide bonds. The average molecular weight is 302 g/mol. The molecular formula is C15H14N2O3S. The summed E-state index contributed by atoms with van der Waals surface area (Å²) in [6.45, 7) is 1.79. The van der Waals surface area contributed by atoms with E-state index in [-0.39, 0.29) is 4.90 Å². The van der Waals surface area contributed by atoms with E-state index >= 15 is 0 Å². The van der Waals surface area contributed by atoms with Crippen LogP contribution in [0.1, 0.15) is 11.1 Å². The zero-order valence-corrected chi connectivity index (χ0v) is 12.4. The van der Waals surface area contributed by atoms with Crippen LogP contribution in [0.5, 0.6) is 5.75 Å². The fraction of sp³-hybridized carbons (Fsp3) is 0.133. The smallest absolute Gasteiger partial charge is 0.261 e. The highest BCUT2D eigenvalue weighted by Crippen LogP contribution is 2.24. The molecule has 0 atom stereocenters. The second-order valence-corrected chi connectivity index (χ2v) is 6.10. The van der Waals surface area contributed by atoms with E-state index in [0.29, 0.717) is 17.0 Å². The summed E-state index contributed by atoms with van der Waals surface area (Å²) in [5.74, 6) is 0.661. The summed E-state index contributed by atoms with van der Waals surface area (Å²) in [6, 6.07) is 12.8. The van der Waals surface area contributed by atoms with Crippen molar-refractivity contribution in [2.75, 3.05) is 11.8 Å². The Labute approximate surface area is 123 Å². The van der Waals surface area contributed by atoms with Crippen molar-refractivity contribution in [3.05, 3.63) is 53.6 Å². The third-order valence-corrected chi connectivity index (χ3v) is 4.35. The fourth-order valence-corrected chi connectivity index (χ4v) is 2.92. The second kappa shape index (κ2) is 5.85. The van der Waals surface area contributed by atoms with E-state index in [0.717, 1.165) is 5.56 Å². The Morgan fingerprint density at radius 3 is 2.33 bits per heavy atom. The van der Waals surface area contributed by atoms with Gasteiger partial charge in [0.15, 0.2) is 0 Å². The topological polar surface area (TPSA) is 79.2 Å². The van der Waals surface area contributed by atoms with E-state index < -0.39 is 10.0 Å². The predicted molar refractivity (Wildman–Crippen MR) is 79.7 cm³/mol. The fourth-order valence-electron chi connectivity index (χ4n) is 1.79. The number of anilines is 1. The molecule has 2 rings (SSSR count). The summed E-state index contributed by atoms with van der Waals surface area (Å²) in [5, 5.41) is 8.73. The minimum absolute atomic E-state index is 0.108. The molecular weight excluding hydrogens is 288 g/mol. The van der Waals surface area contributed by atoms with Crippen LogP contribution in [0.2, 0.25) is 0 Å². The minimum atomic E-state index is -3.68. The van der Waals surface area contributed by atoms with Crippen LogP contribution in [0.4, 0.5) is 5.69 Å². The summed E-state index contributed by atoms with van der Waals surface area (Å²) >= 11 is 0. The van der Waals surface area contributed by atoms with Crippen molar-refractivity contribution in [2.24, 2.45) is 0 Å². The molecule has 0 aliphatic rings. The first kappa shape index (κ1) is 14.9.